The van der Waals surface area contributed by atoms with Crippen LogP contribution in [0.2, 0.25) is 0 Å². The van der Waals surface area contributed by atoms with E-state index < -0.39 is 17.7 Å². The topological polar surface area (TPSA) is 103 Å². The zero-order valence-electron chi connectivity index (χ0n) is 22.7. The Labute approximate surface area is 238 Å². The number of anilines is 2. The first-order valence-corrected chi connectivity index (χ1v) is 14.6. The Hall–Kier alpha value is -4.12. The Morgan fingerprint density at radius 3 is 2.68 bits per heavy atom. The summed E-state index contributed by atoms with van der Waals surface area (Å²) in [4.78, 5) is 25.8. The summed E-state index contributed by atoms with van der Waals surface area (Å²) >= 11 is 1.52. The Kier molecular flexibility index (Phi) is 6.15. The maximum absolute atomic E-state index is 14.4. The van der Waals surface area contributed by atoms with Crippen molar-refractivity contribution < 1.29 is 18.1 Å². The average Bonchev–Trinajstić information content (AvgIpc) is 3.62. The fourth-order valence-corrected chi connectivity index (χ4v) is 7.41. The number of hydrogen-bond donors (Lipinski definition) is 1. The molecular weight excluding hydrogens is 546 g/mol. The highest BCUT2D eigenvalue weighted by atomic mass is 32.1. The highest BCUT2D eigenvalue weighted by Crippen LogP contribution is 2.42. The molecule has 0 bridgehead atoms. The lowest BCUT2D eigenvalue weighted by Crippen LogP contribution is -2.40. The lowest BCUT2D eigenvalue weighted by molar-refractivity contribution is -0.120. The summed E-state index contributed by atoms with van der Waals surface area (Å²) in [6, 6.07) is 9.41. The molecule has 2 N–H and O–H groups in total. The van der Waals surface area contributed by atoms with Crippen LogP contribution in [0.4, 0.5) is 19.6 Å². The van der Waals surface area contributed by atoms with E-state index in [0.717, 1.165) is 81.4 Å². The Bertz CT molecular complexity index is 1810. The minimum absolute atomic E-state index is 0.0658. The first-order chi connectivity index (χ1) is 19.8. The molecule has 210 valence electrons. The summed E-state index contributed by atoms with van der Waals surface area (Å²) in [5, 5.41) is 4.68. The number of amides is 1. The molecule has 41 heavy (non-hydrogen) atoms. The van der Waals surface area contributed by atoms with Gasteiger partial charge in [-0.25, -0.2) is 18.7 Å². The molecule has 0 spiro atoms. The lowest BCUT2D eigenvalue weighted by atomic mass is 9.95. The largest absolute Gasteiger partial charge is 0.375 e. The van der Waals surface area contributed by atoms with Crippen LogP contribution in [0.5, 0.6) is 0 Å². The van der Waals surface area contributed by atoms with E-state index in [1.54, 1.807) is 4.90 Å². The standard InChI is InChI=1S/C30H28F2N6O2S/c1-15-28(16(2)40-36-15)17-6-11-24-23(12-17)34-29(38(24)19-8-10-22-26(14-19)41-30(33)35-22)25-4-3-5-27(39)37(25)18-7-9-20(31)21(32)13-18/h6-7,9,11-13,19,25H,3-5,8,10,14H2,1-2H3,(H2,33,35)/t19-,25+/m1/s1. The number of carbonyl (C=O) groups excluding carboxylic acids is 1. The van der Waals surface area contributed by atoms with Crippen LogP contribution >= 0.6 is 11.3 Å². The van der Waals surface area contributed by atoms with Gasteiger partial charge in [0.15, 0.2) is 16.8 Å². The monoisotopic (exact) mass is 574 g/mol. The Morgan fingerprint density at radius 2 is 1.90 bits per heavy atom. The number of carbonyl (C=O) groups is 1. The van der Waals surface area contributed by atoms with Crippen molar-refractivity contribution in [2.75, 3.05) is 10.6 Å². The Morgan fingerprint density at radius 1 is 1.05 bits per heavy atom. The fraction of sp³-hybridized carbons (Fsp3) is 0.333. The maximum Gasteiger partial charge on any atom is 0.227 e. The van der Waals surface area contributed by atoms with Crippen LogP contribution in [-0.4, -0.2) is 25.6 Å². The molecule has 0 saturated carbocycles. The molecule has 11 heteroatoms. The number of piperidine rings is 1. The van der Waals surface area contributed by atoms with E-state index in [2.05, 4.69) is 26.8 Å². The number of nitrogen functional groups attached to an aromatic ring is 1. The van der Waals surface area contributed by atoms with Gasteiger partial charge >= 0.3 is 0 Å². The second kappa shape index (κ2) is 9.76. The number of aromatic nitrogens is 4. The maximum atomic E-state index is 14.4. The first-order valence-electron chi connectivity index (χ1n) is 13.7. The molecule has 1 saturated heterocycles. The predicted molar refractivity (Wildman–Crippen MR) is 153 cm³/mol. The molecule has 2 aromatic carbocycles. The number of imidazole rings is 1. The number of halogens is 2. The van der Waals surface area contributed by atoms with Gasteiger partial charge in [0, 0.05) is 41.1 Å². The zero-order valence-corrected chi connectivity index (χ0v) is 23.5. The van der Waals surface area contributed by atoms with Crippen molar-refractivity contribution in [3.63, 3.8) is 0 Å². The van der Waals surface area contributed by atoms with Gasteiger partial charge in [0.25, 0.3) is 0 Å². The summed E-state index contributed by atoms with van der Waals surface area (Å²) in [7, 11) is 0. The molecule has 2 aliphatic rings. The van der Waals surface area contributed by atoms with Crippen molar-refractivity contribution >= 4 is 39.1 Å². The average molecular weight is 575 g/mol. The third kappa shape index (κ3) is 4.30. The smallest absolute Gasteiger partial charge is 0.227 e. The quantitative estimate of drug-likeness (QED) is 0.259. The summed E-state index contributed by atoms with van der Waals surface area (Å²) < 4.78 is 35.9. The molecule has 1 aliphatic heterocycles. The van der Waals surface area contributed by atoms with E-state index in [-0.39, 0.29) is 11.9 Å². The van der Waals surface area contributed by atoms with E-state index in [4.69, 9.17) is 15.2 Å². The molecule has 8 nitrogen and oxygen atoms in total. The summed E-state index contributed by atoms with van der Waals surface area (Å²) in [6.45, 7) is 3.80. The lowest BCUT2D eigenvalue weighted by Gasteiger charge is -2.37. The molecule has 5 aromatic rings. The third-order valence-corrected chi connectivity index (χ3v) is 9.21. The van der Waals surface area contributed by atoms with Crippen LogP contribution < -0.4 is 10.6 Å². The van der Waals surface area contributed by atoms with Gasteiger partial charge in [-0.15, -0.1) is 11.3 Å². The summed E-state index contributed by atoms with van der Waals surface area (Å²) in [6.07, 6.45) is 4.04. The van der Waals surface area contributed by atoms with E-state index in [1.807, 2.05) is 19.9 Å². The second-order valence-electron chi connectivity index (χ2n) is 10.8. The number of benzene rings is 2. The van der Waals surface area contributed by atoms with Gasteiger partial charge in [0.1, 0.15) is 11.6 Å². The van der Waals surface area contributed by atoms with E-state index >= 15 is 0 Å². The number of nitrogens with two attached hydrogens (primary N) is 1. The zero-order chi connectivity index (χ0) is 28.4. The van der Waals surface area contributed by atoms with Gasteiger partial charge in [-0.1, -0.05) is 11.2 Å². The summed E-state index contributed by atoms with van der Waals surface area (Å²) in [5.41, 5.74) is 11.8. The van der Waals surface area contributed by atoms with Crippen molar-refractivity contribution in [2.24, 2.45) is 0 Å². The molecule has 4 heterocycles. The van der Waals surface area contributed by atoms with Crippen molar-refractivity contribution in [2.45, 2.75) is 64.5 Å². The first kappa shape index (κ1) is 25.8. The number of aryl methyl sites for hydroxylation is 3. The van der Waals surface area contributed by atoms with Crippen LogP contribution in [0.25, 0.3) is 22.2 Å². The van der Waals surface area contributed by atoms with Crippen molar-refractivity contribution in [3.05, 3.63) is 75.9 Å². The molecule has 2 atom stereocenters. The van der Waals surface area contributed by atoms with Crippen LogP contribution in [-0.2, 0) is 17.6 Å². The van der Waals surface area contributed by atoms with Crippen LogP contribution in [0.15, 0.2) is 40.9 Å². The van der Waals surface area contributed by atoms with Gasteiger partial charge in [-0.3, -0.25) is 4.79 Å². The van der Waals surface area contributed by atoms with Gasteiger partial charge in [-0.05, 0) is 69.4 Å². The highest BCUT2D eigenvalue weighted by Gasteiger charge is 2.37. The van der Waals surface area contributed by atoms with Gasteiger partial charge in [0.05, 0.1) is 28.5 Å². The molecule has 3 aromatic heterocycles. The van der Waals surface area contributed by atoms with Crippen molar-refractivity contribution in [1.29, 1.82) is 0 Å². The minimum atomic E-state index is -0.986. The van der Waals surface area contributed by atoms with E-state index in [1.165, 1.54) is 17.4 Å². The molecule has 1 aliphatic carbocycles. The van der Waals surface area contributed by atoms with Crippen LogP contribution in [0.1, 0.15) is 65.6 Å². The molecule has 1 amide bonds. The predicted octanol–water partition coefficient (Wildman–Crippen LogP) is 6.61. The highest BCUT2D eigenvalue weighted by molar-refractivity contribution is 7.15. The normalized spacial score (nSPS) is 19.2. The number of nitrogens with zero attached hydrogens (tertiary/aromatic N) is 5. The Balaban J connectivity index is 1.40. The summed E-state index contributed by atoms with van der Waals surface area (Å²) in [5.74, 6) is -0.606. The number of rotatable bonds is 4. The van der Waals surface area contributed by atoms with E-state index in [9.17, 15) is 13.6 Å². The number of thiazole rings is 1. The minimum Gasteiger partial charge on any atom is -0.375 e. The van der Waals surface area contributed by atoms with E-state index in [0.29, 0.717) is 30.1 Å². The second-order valence-corrected chi connectivity index (χ2v) is 11.9. The molecule has 0 radical (unpaired) electrons. The number of fused-ring (bicyclic) bond motifs is 2. The molecule has 1 fully saturated rings. The SMILES string of the molecule is Cc1noc(C)c1-c1ccc2c(c1)nc([C@@H]1CCCC(=O)N1c1ccc(F)c(F)c1)n2[C@@H]1CCc2nc(N)sc2C1. The van der Waals surface area contributed by atoms with Gasteiger partial charge in [0.2, 0.25) is 5.91 Å². The number of hydrogen-bond acceptors (Lipinski definition) is 7. The van der Waals surface area contributed by atoms with Crippen LogP contribution in [0, 0.1) is 25.5 Å². The third-order valence-electron chi connectivity index (χ3n) is 8.26. The van der Waals surface area contributed by atoms with Crippen molar-refractivity contribution in [1.82, 2.24) is 19.7 Å². The van der Waals surface area contributed by atoms with Crippen LogP contribution in [0.3, 0.4) is 0 Å². The molecular formula is C30H28F2N6O2S. The molecule has 7 rings (SSSR count). The van der Waals surface area contributed by atoms with Gasteiger partial charge < -0.3 is 19.7 Å². The van der Waals surface area contributed by atoms with Gasteiger partial charge in [-0.2, -0.15) is 0 Å². The fourth-order valence-electron chi connectivity index (χ4n) is 6.46. The van der Waals surface area contributed by atoms with Crippen molar-refractivity contribution in [3.8, 4) is 11.1 Å². The molecule has 0 unspecified atom stereocenters.